The second kappa shape index (κ2) is 6.02. The number of nitrogens with zero attached hydrogens (tertiary/aromatic N) is 3. The number of methoxy groups -OCH3 is 1. The zero-order valence-electron chi connectivity index (χ0n) is 12.1. The molecule has 0 saturated heterocycles. The number of anilines is 1. The third-order valence-corrected chi connectivity index (χ3v) is 3.09. The first-order chi connectivity index (χ1) is 9.11. The summed E-state index contributed by atoms with van der Waals surface area (Å²) in [5, 5.41) is 8.87. The highest BCUT2D eigenvalue weighted by Crippen LogP contribution is 2.19. The van der Waals surface area contributed by atoms with Crippen molar-refractivity contribution in [3.8, 4) is 0 Å². The van der Waals surface area contributed by atoms with E-state index in [1.54, 1.807) is 7.11 Å². The maximum atomic E-state index is 5.08. The summed E-state index contributed by atoms with van der Waals surface area (Å²) in [6, 6.07) is 2.78. The Hall–Kier alpha value is -1.62. The standard InChI is InChI=1S/C14H22N4O/c1-10(2)18-14-12(8-16-18)7-13(9-15-14)17-11(3)5-6-19-4/h7-11,17H,5-6H2,1-4H3. The van der Waals surface area contributed by atoms with Crippen LogP contribution < -0.4 is 5.32 Å². The molecule has 0 aliphatic carbocycles. The van der Waals surface area contributed by atoms with Crippen molar-refractivity contribution in [3.05, 3.63) is 18.5 Å². The molecule has 1 unspecified atom stereocenters. The molecule has 0 radical (unpaired) electrons. The lowest BCUT2D eigenvalue weighted by atomic mass is 10.2. The van der Waals surface area contributed by atoms with Crippen LogP contribution in [-0.4, -0.2) is 34.5 Å². The Kier molecular flexibility index (Phi) is 4.37. The molecule has 0 spiro atoms. The molecule has 19 heavy (non-hydrogen) atoms. The van der Waals surface area contributed by atoms with Crippen LogP contribution in [0.4, 0.5) is 5.69 Å². The van der Waals surface area contributed by atoms with Gasteiger partial charge in [0.05, 0.1) is 18.1 Å². The minimum atomic E-state index is 0.324. The predicted octanol–water partition coefficient (Wildman–Crippen LogP) is 2.85. The number of pyridine rings is 1. The van der Waals surface area contributed by atoms with Crippen LogP contribution in [0.1, 0.15) is 33.2 Å². The van der Waals surface area contributed by atoms with E-state index in [1.165, 1.54) is 0 Å². The van der Waals surface area contributed by atoms with Crippen LogP contribution in [0.3, 0.4) is 0 Å². The molecule has 2 rings (SSSR count). The van der Waals surface area contributed by atoms with E-state index in [0.29, 0.717) is 12.1 Å². The molecular weight excluding hydrogens is 240 g/mol. The molecule has 1 atom stereocenters. The zero-order valence-corrected chi connectivity index (χ0v) is 12.1. The molecule has 0 aliphatic heterocycles. The van der Waals surface area contributed by atoms with E-state index in [9.17, 15) is 0 Å². The van der Waals surface area contributed by atoms with Crippen molar-refractivity contribution in [2.24, 2.45) is 0 Å². The minimum absolute atomic E-state index is 0.324. The number of aromatic nitrogens is 3. The Bertz CT molecular complexity index is 535. The molecule has 0 fully saturated rings. The number of hydrogen-bond acceptors (Lipinski definition) is 4. The third kappa shape index (κ3) is 3.23. The van der Waals surface area contributed by atoms with Gasteiger partial charge in [0.2, 0.25) is 0 Å². The molecule has 104 valence electrons. The summed E-state index contributed by atoms with van der Waals surface area (Å²) in [5.41, 5.74) is 1.96. The SMILES string of the molecule is COCCC(C)Nc1cnc2c(cnn2C(C)C)c1. The summed E-state index contributed by atoms with van der Waals surface area (Å²) in [6.07, 6.45) is 4.71. The van der Waals surface area contributed by atoms with Crippen LogP contribution in [0.15, 0.2) is 18.5 Å². The Balaban J connectivity index is 2.14. The number of nitrogens with one attached hydrogen (secondary N) is 1. The van der Waals surface area contributed by atoms with Crippen molar-refractivity contribution in [1.29, 1.82) is 0 Å². The molecule has 1 N–H and O–H groups in total. The minimum Gasteiger partial charge on any atom is -0.385 e. The van der Waals surface area contributed by atoms with Crippen LogP contribution in [0.2, 0.25) is 0 Å². The molecule has 0 aliphatic rings. The van der Waals surface area contributed by atoms with Gasteiger partial charge in [0.1, 0.15) is 0 Å². The fourth-order valence-corrected chi connectivity index (χ4v) is 2.05. The molecule has 2 aromatic rings. The number of hydrogen-bond donors (Lipinski definition) is 1. The van der Waals surface area contributed by atoms with Crippen molar-refractivity contribution in [2.75, 3.05) is 19.0 Å². The summed E-state index contributed by atoms with van der Waals surface area (Å²) < 4.78 is 7.02. The zero-order chi connectivity index (χ0) is 13.8. The van der Waals surface area contributed by atoms with Crippen molar-refractivity contribution < 1.29 is 4.74 Å². The monoisotopic (exact) mass is 262 g/mol. The van der Waals surface area contributed by atoms with E-state index in [2.05, 4.69) is 42.2 Å². The summed E-state index contributed by atoms with van der Waals surface area (Å²) in [7, 11) is 1.72. The first-order valence-corrected chi connectivity index (χ1v) is 6.70. The molecule has 5 heteroatoms. The lowest BCUT2D eigenvalue weighted by molar-refractivity contribution is 0.191. The average Bonchev–Trinajstić information content (AvgIpc) is 2.79. The van der Waals surface area contributed by atoms with E-state index >= 15 is 0 Å². The molecule has 5 nitrogen and oxygen atoms in total. The molecule has 0 aromatic carbocycles. The van der Waals surface area contributed by atoms with E-state index in [1.807, 2.05) is 17.1 Å². The van der Waals surface area contributed by atoms with Crippen LogP contribution >= 0.6 is 0 Å². The molecule has 2 aromatic heterocycles. The first kappa shape index (κ1) is 13.8. The van der Waals surface area contributed by atoms with Gasteiger partial charge in [-0.1, -0.05) is 0 Å². The second-order valence-electron chi connectivity index (χ2n) is 5.15. The van der Waals surface area contributed by atoms with Crippen molar-refractivity contribution in [3.63, 3.8) is 0 Å². The van der Waals surface area contributed by atoms with Crippen LogP contribution in [0.5, 0.6) is 0 Å². The third-order valence-electron chi connectivity index (χ3n) is 3.09. The van der Waals surface area contributed by atoms with E-state index in [0.717, 1.165) is 29.7 Å². The largest absolute Gasteiger partial charge is 0.385 e. The lowest BCUT2D eigenvalue weighted by Crippen LogP contribution is -2.17. The predicted molar refractivity (Wildman–Crippen MR) is 77.5 cm³/mol. The molecule has 0 saturated carbocycles. The fourth-order valence-electron chi connectivity index (χ4n) is 2.05. The summed E-state index contributed by atoms with van der Waals surface area (Å²) in [5.74, 6) is 0. The van der Waals surface area contributed by atoms with Gasteiger partial charge in [-0.05, 0) is 33.3 Å². The quantitative estimate of drug-likeness (QED) is 0.869. The Morgan fingerprint density at radius 1 is 1.32 bits per heavy atom. The Labute approximate surface area is 114 Å². The second-order valence-corrected chi connectivity index (χ2v) is 5.15. The van der Waals surface area contributed by atoms with Gasteiger partial charge in [0.15, 0.2) is 5.65 Å². The topological polar surface area (TPSA) is 52.0 Å². The number of rotatable bonds is 6. The lowest BCUT2D eigenvalue weighted by Gasteiger charge is -2.14. The number of ether oxygens (including phenoxy) is 1. The van der Waals surface area contributed by atoms with Gasteiger partial charge < -0.3 is 10.1 Å². The maximum Gasteiger partial charge on any atom is 0.158 e. The number of fused-ring (bicyclic) bond motifs is 1. The molecule has 2 heterocycles. The van der Waals surface area contributed by atoms with E-state index < -0.39 is 0 Å². The molecule has 0 bridgehead atoms. The first-order valence-electron chi connectivity index (χ1n) is 6.70. The van der Waals surface area contributed by atoms with Gasteiger partial charge in [-0.15, -0.1) is 0 Å². The van der Waals surface area contributed by atoms with Crippen molar-refractivity contribution >= 4 is 16.7 Å². The van der Waals surface area contributed by atoms with Gasteiger partial charge >= 0.3 is 0 Å². The van der Waals surface area contributed by atoms with Gasteiger partial charge in [-0.3, -0.25) is 0 Å². The van der Waals surface area contributed by atoms with Crippen molar-refractivity contribution in [2.45, 2.75) is 39.3 Å². The van der Waals surface area contributed by atoms with Gasteiger partial charge in [-0.25, -0.2) is 9.67 Å². The Morgan fingerprint density at radius 3 is 2.79 bits per heavy atom. The van der Waals surface area contributed by atoms with Crippen LogP contribution in [-0.2, 0) is 4.74 Å². The van der Waals surface area contributed by atoms with Gasteiger partial charge in [0, 0.05) is 31.2 Å². The van der Waals surface area contributed by atoms with E-state index in [4.69, 9.17) is 4.74 Å². The van der Waals surface area contributed by atoms with Crippen molar-refractivity contribution in [1.82, 2.24) is 14.8 Å². The summed E-state index contributed by atoms with van der Waals surface area (Å²) >= 11 is 0. The maximum absolute atomic E-state index is 5.08. The highest BCUT2D eigenvalue weighted by molar-refractivity contribution is 5.78. The normalized spacial score (nSPS) is 13.1. The average molecular weight is 262 g/mol. The van der Waals surface area contributed by atoms with E-state index in [-0.39, 0.29) is 0 Å². The summed E-state index contributed by atoms with van der Waals surface area (Å²) in [6.45, 7) is 7.11. The fraction of sp³-hybridized carbons (Fsp3) is 0.571. The highest BCUT2D eigenvalue weighted by Gasteiger charge is 2.08. The van der Waals surface area contributed by atoms with Gasteiger partial charge in [0.25, 0.3) is 0 Å². The highest BCUT2D eigenvalue weighted by atomic mass is 16.5. The molecule has 0 amide bonds. The summed E-state index contributed by atoms with van der Waals surface area (Å²) in [4.78, 5) is 4.50. The van der Waals surface area contributed by atoms with Crippen LogP contribution in [0.25, 0.3) is 11.0 Å². The smallest absolute Gasteiger partial charge is 0.158 e. The van der Waals surface area contributed by atoms with Crippen LogP contribution in [0, 0.1) is 0 Å². The Morgan fingerprint density at radius 2 is 2.11 bits per heavy atom. The van der Waals surface area contributed by atoms with Gasteiger partial charge in [-0.2, -0.15) is 5.10 Å². The molecular formula is C14H22N4O.